The van der Waals surface area contributed by atoms with Crippen LogP contribution in [0.4, 0.5) is 5.69 Å². The van der Waals surface area contributed by atoms with Gasteiger partial charge in [0.1, 0.15) is 0 Å². The number of carboxylic acids is 3. The molecule has 0 aromatic heterocycles. The van der Waals surface area contributed by atoms with Gasteiger partial charge >= 0.3 is 17.9 Å². The van der Waals surface area contributed by atoms with Crippen molar-refractivity contribution in [2.75, 3.05) is 32.1 Å². The number of benzene rings is 2. The Morgan fingerprint density at radius 1 is 0.865 bits per heavy atom. The number of rotatable bonds is 9. The van der Waals surface area contributed by atoms with E-state index >= 15 is 0 Å². The van der Waals surface area contributed by atoms with E-state index in [9.17, 15) is 19.2 Å². The first-order valence-electron chi connectivity index (χ1n) is 11.7. The van der Waals surface area contributed by atoms with Gasteiger partial charge in [-0.1, -0.05) is 48.5 Å². The van der Waals surface area contributed by atoms with Crippen molar-refractivity contribution < 1.29 is 39.6 Å². The summed E-state index contributed by atoms with van der Waals surface area (Å²) in [7, 11) is 4.17. The summed E-state index contributed by atoms with van der Waals surface area (Å²) in [6.07, 6.45) is -0.870. The van der Waals surface area contributed by atoms with Crippen molar-refractivity contribution in [2.45, 2.75) is 37.3 Å². The molecule has 2 aromatic carbocycles. The monoisotopic (exact) mass is 515 g/mol. The molecular formula is C26H33N3O8. The molecule has 4 N–H and O–H groups in total. The first-order chi connectivity index (χ1) is 17.4. The fourth-order valence-electron chi connectivity index (χ4n) is 3.97. The highest BCUT2D eigenvalue weighted by Crippen LogP contribution is 2.23. The van der Waals surface area contributed by atoms with Crippen molar-refractivity contribution >= 4 is 29.5 Å². The van der Waals surface area contributed by atoms with E-state index in [2.05, 4.69) is 24.1 Å². The van der Waals surface area contributed by atoms with Gasteiger partial charge in [-0.25, -0.2) is 14.8 Å². The van der Waals surface area contributed by atoms with Gasteiger partial charge in [-0.2, -0.15) is 0 Å². The van der Waals surface area contributed by atoms with E-state index in [4.69, 9.17) is 20.4 Å². The highest BCUT2D eigenvalue weighted by Gasteiger charge is 2.40. The molecule has 1 fully saturated rings. The maximum absolute atomic E-state index is 13.1. The van der Waals surface area contributed by atoms with Crippen molar-refractivity contribution in [3.8, 4) is 0 Å². The lowest BCUT2D eigenvalue weighted by Gasteiger charge is -2.42. The highest BCUT2D eigenvalue weighted by molar-refractivity contribution is 5.95. The summed E-state index contributed by atoms with van der Waals surface area (Å²) in [5, 5.41) is 38.2. The number of anilines is 1. The lowest BCUT2D eigenvalue weighted by atomic mass is 9.96. The van der Waals surface area contributed by atoms with Gasteiger partial charge in [-0.05, 0) is 24.1 Å². The molecule has 11 heteroatoms. The summed E-state index contributed by atoms with van der Waals surface area (Å²) in [6.45, 7) is 1.81. The Labute approximate surface area is 215 Å². The summed E-state index contributed by atoms with van der Waals surface area (Å²) in [5.41, 5.74) is -0.691. The van der Waals surface area contributed by atoms with Crippen LogP contribution >= 0.6 is 0 Å². The number of carboxylic acid groups (broad SMARTS) is 3. The number of likely N-dealkylation sites (N-methyl/N-ethyl adjacent to an activating group) is 1. The Morgan fingerprint density at radius 2 is 1.38 bits per heavy atom. The standard InChI is InChI=1S/C20H25N3O.C6H8O7/c1-21-14-13-19(16-22(21)2)23(18-11-7-4-8-12-18)20(24)15-17-9-5-3-6-10-17;7-3(8)1-6(13,5(11)12)2-4(9)10/h3-12,19H,13-16H2,1-2H3;13H,1-2H2,(H,7,8)(H,9,10)(H,11,12). The zero-order valence-corrected chi connectivity index (χ0v) is 20.9. The molecule has 1 atom stereocenters. The molecule has 0 saturated carbocycles. The molecular weight excluding hydrogens is 482 g/mol. The summed E-state index contributed by atoms with van der Waals surface area (Å²) >= 11 is 0. The SMILES string of the molecule is CN1CCC(N(C(=O)Cc2ccccc2)c2ccccc2)CN1C.O=C(O)CC(O)(CC(=O)O)C(=O)O. The van der Waals surface area contributed by atoms with Crippen LogP contribution in [-0.4, -0.2) is 93.1 Å². The van der Waals surface area contributed by atoms with Gasteiger partial charge in [0.05, 0.1) is 25.3 Å². The van der Waals surface area contributed by atoms with Gasteiger partial charge < -0.3 is 25.3 Å². The molecule has 1 amide bonds. The number of hydrogen-bond acceptors (Lipinski definition) is 7. The minimum Gasteiger partial charge on any atom is -0.481 e. The van der Waals surface area contributed by atoms with E-state index in [-0.39, 0.29) is 11.9 Å². The molecule has 0 radical (unpaired) electrons. The zero-order valence-electron chi connectivity index (χ0n) is 20.9. The molecule has 2 aromatic rings. The number of amides is 1. The maximum atomic E-state index is 13.1. The summed E-state index contributed by atoms with van der Waals surface area (Å²) in [4.78, 5) is 45.6. The van der Waals surface area contributed by atoms with E-state index < -0.39 is 36.4 Å². The third kappa shape index (κ3) is 8.98. The van der Waals surface area contributed by atoms with Crippen LogP contribution in [0.25, 0.3) is 0 Å². The molecule has 0 aliphatic carbocycles. The molecule has 0 spiro atoms. The highest BCUT2D eigenvalue weighted by atomic mass is 16.4. The van der Waals surface area contributed by atoms with Crippen LogP contribution in [0.15, 0.2) is 60.7 Å². The quantitative estimate of drug-likeness (QED) is 0.386. The first kappa shape index (κ1) is 29.4. The predicted octanol–water partition coefficient (Wildman–Crippen LogP) is 1.56. The van der Waals surface area contributed by atoms with Crippen molar-refractivity contribution in [3.63, 3.8) is 0 Å². The number of aliphatic hydroxyl groups is 1. The van der Waals surface area contributed by atoms with E-state index in [0.29, 0.717) is 6.42 Å². The number of hydrogen-bond donors (Lipinski definition) is 4. The van der Waals surface area contributed by atoms with Gasteiger partial charge in [0.25, 0.3) is 0 Å². The van der Waals surface area contributed by atoms with Crippen molar-refractivity contribution in [1.82, 2.24) is 10.0 Å². The largest absolute Gasteiger partial charge is 0.481 e. The number of aliphatic carboxylic acids is 3. The average Bonchev–Trinajstić information content (AvgIpc) is 2.82. The van der Waals surface area contributed by atoms with Crippen molar-refractivity contribution in [1.29, 1.82) is 0 Å². The van der Waals surface area contributed by atoms with E-state index in [1.165, 1.54) is 0 Å². The van der Waals surface area contributed by atoms with Gasteiger partial charge in [0, 0.05) is 32.9 Å². The molecule has 1 unspecified atom stereocenters. The van der Waals surface area contributed by atoms with E-state index in [0.717, 1.165) is 30.8 Å². The lowest BCUT2D eigenvalue weighted by molar-refractivity contribution is -0.170. The Balaban J connectivity index is 0.000000317. The topological polar surface area (TPSA) is 159 Å². The number of carbonyl (C=O) groups excluding carboxylic acids is 1. The second-order valence-corrected chi connectivity index (χ2v) is 8.90. The third-order valence-corrected chi connectivity index (χ3v) is 6.00. The number of para-hydroxylation sites is 1. The molecule has 1 saturated heterocycles. The van der Waals surface area contributed by atoms with Crippen LogP contribution in [0.3, 0.4) is 0 Å². The first-order valence-corrected chi connectivity index (χ1v) is 11.7. The third-order valence-electron chi connectivity index (χ3n) is 6.00. The van der Waals surface area contributed by atoms with Crippen LogP contribution in [0.5, 0.6) is 0 Å². The molecule has 11 nitrogen and oxygen atoms in total. The zero-order chi connectivity index (χ0) is 27.6. The average molecular weight is 516 g/mol. The van der Waals surface area contributed by atoms with Crippen molar-refractivity contribution in [3.05, 3.63) is 66.2 Å². The molecule has 3 rings (SSSR count). The van der Waals surface area contributed by atoms with Crippen LogP contribution in [-0.2, 0) is 25.6 Å². The maximum Gasteiger partial charge on any atom is 0.336 e. The Hall–Kier alpha value is -3.80. The smallest absolute Gasteiger partial charge is 0.336 e. The second-order valence-electron chi connectivity index (χ2n) is 8.90. The van der Waals surface area contributed by atoms with Gasteiger partial charge in [-0.3, -0.25) is 14.4 Å². The predicted molar refractivity (Wildman–Crippen MR) is 135 cm³/mol. The van der Waals surface area contributed by atoms with Crippen LogP contribution < -0.4 is 4.90 Å². The van der Waals surface area contributed by atoms with Gasteiger partial charge in [0.15, 0.2) is 5.60 Å². The number of carbonyl (C=O) groups is 4. The normalized spacial score (nSPS) is 16.2. The summed E-state index contributed by atoms with van der Waals surface area (Å²) < 4.78 is 0. The van der Waals surface area contributed by atoms with Gasteiger partial charge in [-0.15, -0.1) is 0 Å². The van der Waals surface area contributed by atoms with Crippen molar-refractivity contribution in [2.24, 2.45) is 0 Å². The lowest BCUT2D eigenvalue weighted by Crippen LogP contribution is -2.55. The van der Waals surface area contributed by atoms with Crippen LogP contribution in [0, 0.1) is 0 Å². The van der Waals surface area contributed by atoms with Gasteiger partial charge in [0.2, 0.25) is 5.91 Å². The fourth-order valence-corrected chi connectivity index (χ4v) is 3.97. The Bertz CT molecular complexity index is 1050. The summed E-state index contributed by atoms with van der Waals surface area (Å²) in [6, 6.07) is 20.2. The molecule has 0 bridgehead atoms. The number of hydrazine groups is 1. The molecule has 1 aliphatic rings. The molecule has 37 heavy (non-hydrogen) atoms. The van der Waals surface area contributed by atoms with E-state index in [1.54, 1.807) is 0 Å². The van der Waals surface area contributed by atoms with E-state index in [1.807, 2.05) is 65.6 Å². The summed E-state index contributed by atoms with van der Waals surface area (Å²) in [5.74, 6) is -4.86. The second kappa shape index (κ2) is 13.5. The molecule has 200 valence electrons. The molecule has 1 heterocycles. The molecule has 1 aliphatic heterocycles. The van der Waals surface area contributed by atoms with Crippen LogP contribution in [0.1, 0.15) is 24.8 Å². The fraction of sp³-hybridized carbons (Fsp3) is 0.385. The Kier molecular flexibility index (Phi) is 10.7. The minimum atomic E-state index is -2.74. The number of nitrogens with zero attached hydrogens (tertiary/aromatic N) is 3. The Morgan fingerprint density at radius 3 is 1.84 bits per heavy atom. The minimum absolute atomic E-state index is 0.162. The van der Waals surface area contributed by atoms with Crippen LogP contribution in [0.2, 0.25) is 0 Å².